The molecule has 0 atom stereocenters. The zero-order valence-electron chi connectivity index (χ0n) is 9.95. The van der Waals surface area contributed by atoms with Crippen LogP contribution in [0.5, 0.6) is 0 Å². The second-order valence-electron chi connectivity index (χ2n) is 3.73. The first kappa shape index (κ1) is 15.2. The van der Waals surface area contributed by atoms with Crippen LogP contribution in [0.4, 0.5) is 0 Å². The zero-order chi connectivity index (χ0) is 13.7. The zero-order valence-corrected chi connectivity index (χ0v) is 12.3. The first-order chi connectivity index (χ1) is 8.45. The van der Waals surface area contributed by atoms with Gasteiger partial charge < -0.3 is 10.6 Å². The van der Waals surface area contributed by atoms with Gasteiger partial charge in [0.15, 0.2) is 0 Å². The molecule has 0 unspecified atom stereocenters. The Morgan fingerprint density at radius 3 is 2.61 bits per heavy atom. The van der Waals surface area contributed by atoms with E-state index in [0.717, 1.165) is 0 Å². The maximum atomic E-state index is 12.2. The van der Waals surface area contributed by atoms with Gasteiger partial charge in [-0.15, -0.1) is 0 Å². The second-order valence-corrected chi connectivity index (χ2v) is 5.09. The highest BCUT2D eigenvalue weighted by Gasteiger charge is 2.17. The topological polar surface area (TPSA) is 46.3 Å². The van der Waals surface area contributed by atoms with Crippen LogP contribution in [0.1, 0.15) is 23.7 Å². The predicted octanol–water partition coefficient (Wildman–Crippen LogP) is 3.13. The number of benzene rings is 1. The molecule has 98 valence electrons. The van der Waals surface area contributed by atoms with E-state index in [1.165, 1.54) is 0 Å². The Morgan fingerprint density at radius 1 is 1.44 bits per heavy atom. The van der Waals surface area contributed by atoms with Crippen LogP contribution in [-0.4, -0.2) is 28.9 Å². The Morgan fingerprint density at radius 2 is 2.11 bits per heavy atom. The number of nitrogens with zero attached hydrogens (tertiary/aromatic N) is 1. The largest absolute Gasteiger partial charge is 0.393 e. The molecular formula is C12H14Cl2N2OS. The maximum absolute atomic E-state index is 12.2. The van der Waals surface area contributed by atoms with Crippen LogP contribution in [-0.2, 0) is 0 Å². The number of nitrogens with two attached hydrogens (primary N) is 1. The minimum absolute atomic E-state index is 0.143. The van der Waals surface area contributed by atoms with Crippen molar-refractivity contribution in [3.8, 4) is 0 Å². The van der Waals surface area contributed by atoms with Crippen LogP contribution in [0.3, 0.4) is 0 Å². The van der Waals surface area contributed by atoms with E-state index in [1.807, 2.05) is 6.92 Å². The molecule has 0 aliphatic heterocycles. The Balaban J connectivity index is 2.86. The van der Waals surface area contributed by atoms with Gasteiger partial charge in [0.25, 0.3) is 5.91 Å². The average Bonchev–Trinajstić information content (AvgIpc) is 2.29. The van der Waals surface area contributed by atoms with Gasteiger partial charge in [0.2, 0.25) is 0 Å². The van der Waals surface area contributed by atoms with Crippen molar-refractivity contribution in [2.45, 2.75) is 13.3 Å². The van der Waals surface area contributed by atoms with Gasteiger partial charge in [-0.25, -0.2) is 0 Å². The molecule has 0 aliphatic rings. The summed E-state index contributed by atoms with van der Waals surface area (Å²) in [4.78, 5) is 14.3. The summed E-state index contributed by atoms with van der Waals surface area (Å²) in [7, 11) is 0. The number of amides is 1. The number of rotatable bonds is 5. The van der Waals surface area contributed by atoms with Crippen LogP contribution < -0.4 is 5.73 Å². The van der Waals surface area contributed by atoms with Gasteiger partial charge in [-0.05, 0) is 25.1 Å². The summed E-state index contributed by atoms with van der Waals surface area (Å²) >= 11 is 16.6. The summed E-state index contributed by atoms with van der Waals surface area (Å²) in [5, 5.41) is 0.851. The molecule has 0 fully saturated rings. The van der Waals surface area contributed by atoms with Crippen molar-refractivity contribution >= 4 is 46.3 Å². The molecule has 0 radical (unpaired) electrons. The molecule has 1 rings (SSSR count). The van der Waals surface area contributed by atoms with Gasteiger partial charge in [0.1, 0.15) is 0 Å². The fraction of sp³-hybridized carbons (Fsp3) is 0.333. The number of thiocarbonyl (C=S) groups is 1. The first-order valence-electron chi connectivity index (χ1n) is 5.48. The third-order valence-corrected chi connectivity index (χ3v) is 3.21. The predicted molar refractivity (Wildman–Crippen MR) is 79.4 cm³/mol. The van der Waals surface area contributed by atoms with E-state index in [2.05, 4.69) is 0 Å². The fourth-order valence-corrected chi connectivity index (χ4v) is 2.06. The molecule has 0 saturated carbocycles. The molecule has 1 amide bonds. The van der Waals surface area contributed by atoms with Crippen molar-refractivity contribution in [2.75, 3.05) is 13.1 Å². The van der Waals surface area contributed by atoms with Crippen molar-refractivity contribution in [2.24, 2.45) is 5.73 Å². The molecule has 0 spiro atoms. The SMILES string of the molecule is CCN(CCC(N)=S)C(=O)c1ccc(Cl)cc1Cl. The molecule has 18 heavy (non-hydrogen) atoms. The highest BCUT2D eigenvalue weighted by Crippen LogP contribution is 2.22. The van der Waals surface area contributed by atoms with Crippen LogP contribution >= 0.6 is 35.4 Å². The lowest BCUT2D eigenvalue weighted by atomic mass is 10.2. The molecule has 0 saturated heterocycles. The lowest BCUT2D eigenvalue weighted by molar-refractivity contribution is 0.0769. The van der Waals surface area contributed by atoms with Gasteiger partial charge in [0, 0.05) is 24.5 Å². The van der Waals surface area contributed by atoms with E-state index < -0.39 is 0 Å². The lowest BCUT2D eigenvalue weighted by Crippen LogP contribution is -2.33. The summed E-state index contributed by atoms with van der Waals surface area (Å²) < 4.78 is 0. The lowest BCUT2D eigenvalue weighted by Gasteiger charge is -2.21. The molecule has 1 aromatic rings. The first-order valence-corrected chi connectivity index (χ1v) is 6.64. The summed E-state index contributed by atoms with van der Waals surface area (Å²) in [5.41, 5.74) is 5.87. The minimum Gasteiger partial charge on any atom is -0.393 e. The van der Waals surface area contributed by atoms with E-state index in [0.29, 0.717) is 40.1 Å². The third kappa shape index (κ3) is 4.12. The Hall–Kier alpha value is -0.840. The van der Waals surface area contributed by atoms with Crippen molar-refractivity contribution < 1.29 is 4.79 Å². The molecular weight excluding hydrogens is 291 g/mol. The summed E-state index contributed by atoms with van der Waals surface area (Å²) in [5.74, 6) is -0.143. The third-order valence-electron chi connectivity index (χ3n) is 2.46. The van der Waals surface area contributed by atoms with E-state index in [4.69, 9.17) is 41.2 Å². The number of hydrogen-bond acceptors (Lipinski definition) is 2. The second kappa shape index (κ2) is 6.92. The molecule has 2 N–H and O–H groups in total. The standard InChI is InChI=1S/C12H14Cl2N2OS/c1-2-16(6-5-11(15)18)12(17)9-4-3-8(13)7-10(9)14/h3-4,7H,2,5-6H2,1H3,(H2,15,18). The van der Waals surface area contributed by atoms with Gasteiger partial charge in [-0.3, -0.25) is 4.79 Å². The molecule has 0 aliphatic carbocycles. The Labute approximate surface area is 122 Å². The highest BCUT2D eigenvalue weighted by atomic mass is 35.5. The molecule has 3 nitrogen and oxygen atoms in total. The molecule has 0 bridgehead atoms. The van der Waals surface area contributed by atoms with Crippen LogP contribution in [0.2, 0.25) is 10.0 Å². The number of carbonyl (C=O) groups is 1. The Kier molecular flexibility index (Phi) is 5.85. The number of halogens is 2. The summed E-state index contributed by atoms with van der Waals surface area (Å²) in [6.07, 6.45) is 0.500. The van der Waals surface area contributed by atoms with Gasteiger partial charge in [0.05, 0.1) is 15.6 Å². The van der Waals surface area contributed by atoms with E-state index in [-0.39, 0.29) is 5.91 Å². The molecule has 1 aromatic carbocycles. The van der Waals surface area contributed by atoms with E-state index in [9.17, 15) is 4.79 Å². The summed E-state index contributed by atoms with van der Waals surface area (Å²) in [6.45, 7) is 2.95. The molecule has 0 heterocycles. The van der Waals surface area contributed by atoms with Gasteiger partial charge in [-0.2, -0.15) is 0 Å². The van der Waals surface area contributed by atoms with E-state index >= 15 is 0 Å². The molecule has 6 heteroatoms. The maximum Gasteiger partial charge on any atom is 0.255 e. The van der Waals surface area contributed by atoms with Crippen molar-refractivity contribution in [3.05, 3.63) is 33.8 Å². The van der Waals surface area contributed by atoms with E-state index in [1.54, 1.807) is 23.1 Å². The summed E-state index contributed by atoms with van der Waals surface area (Å²) in [6, 6.07) is 4.82. The molecule has 0 aromatic heterocycles. The van der Waals surface area contributed by atoms with Crippen molar-refractivity contribution in [1.82, 2.24) is 4.90 Å². The Bertz CT molecular complexity index is 465. The normalized spacial score (nSPS) is 10.2. The number of hydrogen-bond donors (Lipinski definition) is 1. The monoisotopic (exact) mass is 304 g/mol. The van der Waals surface area contributed by atoms with Crippen LogP contribution in [0.15, 0.2) is 18.2 Å². The minimum atomic E-state index is -0.143. The van der Waals surface area contributed by atoms with Crippen molar-refractivity contribution in [3.63, 3.8) is 0 Å². The van der Waals surface area contributed by atoms with Gasteiger partial charge in [-0.1, -0.05) is 35.4 Å². The smallest absolute Gasteiger partial charge is 0.255 e. The fourth-order valence-electron chi connectivity index (χ4n) is 1.48. The highest BCUT2D eigenvalue weighted by molar-refractivity contribution is 7.80. The quantitative estimate of drug-likeness (QED) is 0.850. The number of carbonyl (C=O) groups excluding carboxylic acids is 1. The van der Waals surface area contributed by atoms with Crippen molar-refractivity contribution in [1.29, 1.82) is 0 Å². The average molecular weight is 305 g/mol. The van der Waals surface area contributed by atoms with Crippen LogP contribution in [0.25, 0.3) is 0 Å². The van der Waals surface area contributed by atoms with Crippen LogP contribution in [0, 0.1) is 0 Å². The van der Waals surface area contributed by atoms with Gasteiger partial charge >= 0.3 is 0 Å².